The van der Waals surface area contributed by atoms with Crippen molar-refractivity contribution in [2.24, 2.45) is 5.92 Å². The molecule has 1 amide bonds. The van der Waals surface area contributed by atoms with Crippen LogP contribution in [0.1, 0.15) is 23.2 Å². The second-order valence-corrected chi connectivity index (χ2v) is 4.86. The summed E-state index contributed by atoms with van der Waals surface area (Å²) in [7, 11) is 0. The predicted octanol–water partition coefficient (Wildman–Crippen LogP) is 1.89. The molecule has 0 aliphatic carbocycles. The van der Waals surface area contributed by atoms with Gasteiger partial charge in [-0.05, 0) is 34.7 Å². The maximum Gasteiger partial charge on any atom is 0.257 e. The summed E-state index contributed by atoms with van der Waals surface area (Å²) in [6.45, 7) is 1.55. The largest absolute Gasteiger partial charge is 0.457 e. The van der Waals surface area contributed by atoms with Gasteiger partial charge in [0.05, 0.1) is 5.56 Å². The summed E-state index contributed by atoms with van der Waals surface area (Å²) in [4.78, 5) is 13.8. The summed E-state index contributed by atoms with van der Waals surface area (Å²) in [6.07, 6.45) is 3.40. The van der Waals surface area contributed by atoms with Crippen LogP contribution in [0, 0.1) is 5.92 Å². The van der Waals surface area contributed by atoms with Crippen LogP contribution in [0.15, 0.2) is 21.4 Å². The molecule has 4 nitrogen and oxygen atoms in total. The number of likely N-dealkylation sites (tertiary alicyclic amines) is 1. The highest BCUT2D eigenvalue weighted by Crippen LogP contribution is 2.20. The predicted molar refractivity (Wildman–Crippen MR) is 62.1 cm³/mol. The maximum atomic E-state index is 12.0. The Bertz CT molecular complexity index is 377. The molecule has 1 saturated heterocycles. The fourth-order valence-electron chi connectivity index (χ4n) is 2.00. The lowest BCUT2D eigenvalue weighted by Crippen LogP contribution is -2.40. The second kappa shape index (κ2) is 5.01. The van der Waals surface area contributed by atoms with Gasteiger partial charge in [-0.3, -0.25) is 4.79 Å². The van der Waals surface area contributed by atoms with Crippen molar-refractivity contribution in [2.45, 2.75) is 12.8 Å². The summed E-state index contributed by atoms with van der Waals surface area (Å²) < 4.78 is 5.61. The lowest BCUT2D eigenvalue weighted by molar-refractivity contribution is 0.0620. The van der Waals surface area contributed by atoms with E-state index in [1.807, 2.05) is 0 Å². The minimum Gasteiger partial charge on any atom is -0.457 e. The zero-order chi connectivity index (χ0) is 11.5. The highest BCUT2D eigenvalue weighted by molar-refractivity contribution is 9.10. The van der Waals surface area contributed by atoms with Gasteiger partial charge in [-0.2, -0.15) is 0 Å². The number of piperidine rings is 1. The molecule has 16 heavy (non-hydrogen) atoms. The number of hydrogen-bond donors (Lipinski definition) is 1. The van der Waals surface area contributed by atoms with E-state index in [9.17, 15) is 4.79 Å². The summed E-state index contributed by atoms with van der Waals surface area (Å²) in [5.41, 5.74) is 0.561. The molecule has 1 fully saturated rings. The highest BCUT2D eigenvalue weighted by Gasteiger charge is 2.24. The first-order chi connectivity index (χ1) is 7.70. The van der Waals surface area contributed by atoms with E-state index < -0.39 is 0 Å². The number of amides is 1. The quantitative estimate of drug-likeness (QED) is 0.904. The Morgan fingerprint density at radius 3 is 3.12 bits per heavy atom. The van der Waals surface area contributed by atoms with Gasteiger partial charge in [0, 0.05) is 25.8 Å². The molecule has 88 valence electrons. The molecular formula is C11H14BrNO3. The van der Waals surface area contributed by atoms with E-state index in [1.54, 1.807) is 11.0 Å². The van der Waals surface area contributed by atoms with E-state index in [0.717, 1.165) is 19.4 Å². The summed E-state index contributed by atoms with van der Waals surface area (Å²) in [5.74, 6) is 0.195. The van der Waals surface area contributed by atoms with E-state index in [2.05, 4.69) is 15.9 Å². The monoisotopic (exact) mass is 287 g/mol. The van der Waals surface area contributed by atoms with Gasteiger partial charge in [0.1, 0.15) is 6.26 Å². The van der Waals surface area contributed by atoms with Crippen molar-refractivity contribution < 1.29 is 14.3 Å². The molecule has 1 aliphatic heterocycles. The van der Waals surface area contributed by atoms with E-state index in [4.69, 9.17) is 9.52 Å². The lowest BCUT2D eigenvalue weighted by atomic mass is 9.98. The van der Waals surface area contributed by atoms with Gasteiger partial charge in [-0.25, -0.2) is 0 Å². The number of aliphatic hydroxyl groups is 1. The minimum absolute atomic E-state index is 0.0207. The molecular weight excluding hydrogens is 274 g/mol. The molecule has 0 spiro atoms. The fraction of sp³-hybridized carbons (Fsp3) is 0.545. The molecule has 1 N–H and O–H groups in total. The Morgan fingerprint density at radius 1 is 1.69 bits per heavy atom. The van der Waals surface area contributed by atoms with Crippen LogP contribution in [0.25, 0.3) is 0 Å². The molecule has 1 atom stereocenters. The van der Waals surface area contributed by atoms with Crippen molar-refractivity contribution in [1.82, 2.24) is 4.90 Å². The van der Waals surface area contributed by atoms with Crippen LogP contribution < -0.4 is 0 Å². The van der Waals surface area contributed by atoms with Gasteiger partial charge in [0.2, 0.25) is 0 Å². The molecule has 2 heterocycles. The first-order valence-electron chi connectivity index (χ1n) is 5.35. The lowest BCUT2D eigenvalue weighted by Gasteiger charge is -2.31. The molecule has 0 aromatic carbocycles. The van der Waals surface area contributed by atoms with Crippen molar-refractivity contribution in [2.75, 3.05) is 19.7 Å². The van der Waals surface area contributed by atoms with Gasteiger partial charge in [0.15, 0.2) is 4.67 Å². The zero-order valence-corrected chi connectivity index (χ0v) is 10.4. The summed E-state index contributed by atoms with van der Waals surface area (Å²) >= 11 is 3.17. The minimum atomic E-state index is -0.0207. The maximum absolute atomic E-state index is 12.0. The van der Waals surface area contributed by atoms with Gasteiger partial charge in [-0.1, -0.05) is 0 Å². The van der Waals surface area contributed by atoms with Crippen molar-refractivity contribution in [3.63, 3.8) is 0 Å². The highest BCUT2D eigenvalue weighted by atomic mass is 79.9. The van der Waals surface area contributed by atoms with Gasteiger partial charge in [-0.15, -0.1) is 0 Å². The third kappa shape index (κ3) is 2.47. The first-order valence-corrected chi connectivity index (χ1v) is 6.14. The average Bonchev–Trinajstić information content (AvgIpc) is 2.75. The van der Waals surface area contributed by atoms with E-state index in [1.165, 1.54) is 6.26 Å². The van der Waals surface area contributed by atoms with Gasteiger partial charge in [0.25, 0.3) is 5.91 Å². The summed E-state index contributed by atoms with van der Waals surface area (Å²) in [5, 5.41) is 9.10. The van der Waals surface area contributed by atoms with Crippen molar-refractivity contribution in [3.05, 3.63) is 22.6 Å². The zero-order valence-electron chi connectivity index (χ0n) is 8.86. The number of nitrogens with zero attached hydrogens (tertiary/aromatic N) is 1. The molecule has 5 heteroatoms. The van der Waals surface area contributed by atoms with Crippen LogP contribution in [-0.4, -0.2) is 35.6 Å². The number of hydrogen-bond acceptors (Lipinski definition) is 3. The number of carbonyl (C=O) groups excluding carboxylic acids is 1. The third-order valence-electron chi connectivity index (χ3n) is 2.88. The van der Waals surface area contributed by atoms with E-state index in [-0.39, 0.29) is 18.4 Å². The Labute approximate surface area is 102 Å². The van der Waals surface area contributed by atoms with Crippen molar-refractivity contribution >= 4 is 21.8 Å². The third-order valence-corrected chi connectivity index (χ3v) is 3.29. The van der Waals surface area contributed by atoms with Gasteiger partial charge < -0.3 is 14.4 Å². The van der Waals surface area contributed by atoms with E-state index in [0.29, 0.717) is 16.8 Å². The van der Waals surface area contributed by atoms with Crippen LogP contribution >= 0.6 is 15.9 Å². The van der Waals surface area contributed by atoms with Crippen LogP contribution in [-0.2, 0) is 0 Å². The van der Waals surface area contributed by atoms with Crippen molar-refractivity contribution in [3.8, 4) is 0 Å². The van der Waals surface area contributed by atoms with Crippen LogP contribution in [0.3, 0.4) is 0 Å². The average molecular weight is 288 g/mol. The van der Waals surface area contributed by atoms with Crippen LogP contribution in [0.4, 0.5) is 0 Å². The molecule has 1 aliphatic rings. The SMILES string of the molecule is O=C(c1coc(Br)c1)N1CCCC(CO)C1. The smallest absolute Gasteiger partial charge is 0.257 e. The number of rotatable bonds is 2. The Morgan fingerprint density at radius 2 is 2.50 bits per heavy atom. The molecule has 1 unspecified atom stereocenters. The Balaban J connectivity index is 2.04. The fourth-order valence-corrected chi connectivity index (χ4v) is 2.34. The molecule has 0 radical (unpaired) electrons. The normalized spacial score (nSPS) is 21.1. The molecule has 0 bridgehead atoms. The topological polar surface area (TPSA) is 53.7 Å². The number of halogens is 1. The number of carbonyl (C=O) groups is 1. The van der Waals surface area contributed by atoms with Crippen LogP contribution in [0.5, 0.6) is 0 Å². The Kier molecular flexibility index (Phi) is 3.66. The molecule has 1 aromatic heterocycles. The van der Waals surface area contributed by atoms with Crippen LogP contribution in [0.2, 0.25) is 0 Å². The van der Waals surface area contributed by atoms with Crippen molar-refractivity contribution in [1.29, 1.82) is 0 Å². The molecule has 2 rings (SSSR count). The molecule has 1 aromatic rings. The Hall–Kier alpha value is -0.810. The second-order valence-electron chi connectivity index (χ2n) is 4.08. The first kappa shape index (κ1) is 11.7. The molecule has 0 saturated carbocycles. The number of aliphatic hydroxyl groups excluding tert-OH is 1. The standard InChI is InChI=1S/C11H14BrNO3/c12-10-4-9(7-16-10)11(15)13-3-1-2-8(5-13)6-14/h4,7-8,14H,1-3,5-6H2. The van der Waals surface area contributed by atoms with E-state index >= 15 is 0 Å². The number of furan rings is 1. The van der Waals surface area contributed by atoms with Gasteiger partial charge >= 0.3 is 0 Å². The summed E-state index contributed by atoms with van der Waals surface area (Å²) in [6, 6.07) is 1.67.